The van der Waals surface area contributed by atoms with E-state index in [1.54, 1.807) is 0 Å². The van der Waals surface area contributed by atoms with Crippen molar-refractivity contribution in [3.05, 3.63) is 29.8 Å². The molecule has 0 atom stereocenters. The molecule has 0 aliphatic rings. The summed E-state index contributed by atoms with van der Waals surface area (Å²) in [6.45, 7) is 11.6. The zero-order valence-corrected chi connectivity index (χ0v) is 13.5. The summed E-state index contributed by atoms with van der Waals surface area (Å²) in [6.07, 6.45) is 1.11. The number of likely N-dealkylation sites (N-methyl/N-ethyl adjacent to an activating group) is 1. The number of ether oxygens (including phenoxy) is 1. The van der Waals surface area contributed by atoms with E-state index in [0.717, 1.165) is 45.0 Å². The van der Waals surface area contributed by atoms with Crippen LogP contribution >= 0.6 is 0 Å². The lowest BCUT2D eigenvalue weighted by Crippen LogP contribution is -2.28. The van der Waals surface area contributed by atoms with Crippen molar-refractivity contribution >= 4 is 0 Å². The van der Waals surface area contributed by atoms with Crippen LogP contribution in [-0.2, 0) is 6.54 Å². The molecule has 0 bridgehead atoms. The Morgan fingerprint density at radius 3 is 2.50 bits per heavy atom. The predicted molar refractivity (Wildman–Crippen MR) is 86.3 cm³/mol. The molecular formula is C17H30N2O. The minimum absolute atomic E-state index is 0.694. The van der Waals surface area contributed by atoms with E-state index in [4.69, 9.17) is 4.74 Å². The summed E-state index contributed by atoms with van der Waals surface area (Å²) in [4.78, 5) is 2.30. The van der Waals surface area contributed by atoms with Crippen molar-refractivity contribution in [1.29, 1.82) is 0 Å². The van der Waals surface area contributed by atoms with Gasteiger partial charge in [-0.3, -0.25) is 0 Å². The smallest absolute Gasteiger partial charge is 0.119 e. The fraction of sp³-hybridized carbons (Fsp3) is 0.647. The summed E-state index contributed by atoms with van der Waals surface area (Å²) in [6, 6.07) is 8.41. The second kappa shape index (κ2) is 9.78. The Labute approximate surface area is 124 Å². The second-order valence-electron chi connectivity index (χ2n) is 5.75. The summed E-state index contributed by atoms with van der Waals surface area (Å²) < 4.78 is 5.72. The van der Waals surface area contributed by atoms with Crippen LogP contribution in [0.2, 0.25) is 0 Å². The fourth-order valence-electron chi connectivity index (χ4n) is 1.78. The highest BCUT2D eigenvalue weighted by molar-refractivity contribution is 5.27. The third-order valence-corrected chi connectivity index (χ3v) is 3.43. The van der Waals surface area contributed by atoms with Crippen molar-refractivity contribution in [3.8, 4) is 5.75 Å². The second-order valence-corrected chi connectivity index (χ2v) is 5.75. The van der Waals surface area contributed by atoms with Crippen LogP contribution in [0.5, 0.6) is 5.75 Å². The molecule has 0 aromatic heterocycles. The number of hydrogen-bond donors (Lipinski definition) is 1. The maximum atomic E-state index is 5.72. The lowest BCUT2D eigenvalue weighted by Gasteiger charge is -2.14. The SMILES string of the molecule is CCN(C)CCNCc1ccc(OCCC(C)C)cc1. The first-order valence-corrected chi connectivity index (χ1v) is 7.72. The minimum atomic E-state index is 0.694. The highest BCUT2D eigenvalue weighted by atomic mass is 16.5. The molecule has 0 amide bonds. The summed E-state index contributed by atoms with van der Waals surface area (Å²) >= 11 is 0. The van der Waals surface area contributed by atoms with Crippen molar-refractivity contribution in [1.82, 2.24) is 10.2 Å². The molecule has 1 N–H and O–H groups in total. The van der Waals surface area contributed by atoms with Gasteiger partial charge in [-0.05, 0) is 43.6 Å². The fourth-order valence-corrected chi connectivity index (χ4v) is 1.78. The molecule has 0 aliphatic heterocycles. The standard InChI is InChI=1S/C17H30N2O/c1-5-19(4)12-11-18-14-16-6-8-17(9-7-16)20-13-10-15(2)3/h6-9,15,18H,5,10-14H2,1-4H3. The van der Waals surface area contributed by atoms with Gasteiger partial charge < -0.3 is 15.0 Å². The first kappa shape index (κ1) is 17.0. The molecule has 1 aromatic carbocycles. The van der Waals surface area contributed by atoms with Crippen molar-refractivity contribution in [3.63, 3.8) is 0 Å². The third kappa shape index (κ3) is 7.51. The van der Waals surface area contributed by atoms with Crippen LogP contribution < -0.4 is 10.1 Å². The van der Waals surface area contributed by atoms with Crippen LogP contribution in [0.4, 0.5) is 0 Å². The van der Waals surface area contributed by atoms with Gasteiger partial charge >= 0.3 is 0 Å². The molecule has 0 saturated carbocycles. The van der Waals surface area contributed by atoms with Crippen molar-refractivity contribution in [2.75, 3.05) is 33.3 Å². The zero-order valence-electron chi connectivity index (χ0n) is 13.5. The highest BCUT2D eigenvalue weighted by Gasteiger charge is 1.98. The van der Waals surface area contributed by atoms with Gasteiger partial charge in [-0.25, -0.2) is 0 Å². The lowest BCUT2D eigenvalue weighted by atomic mass is 10.1. The van der Waals surface area contributed by atoms with Crippen LogP contribution in [-0.4, -0.2) is 38.2 Å². The quantitative estimate of drug-likeness (QED) is 0.665. The lowest BCUT2D eigenvalue weighted by molar-refractivity contribution is 0.289. The Kier molecular flexibility index (Phi) is 8.31. The number of nitrogens with one attached hydrogen (secondary N) is 1. The third-order valence-electron chi connectivity index (χ3n) is 3.43. The van der Waals surface area contributed by atoms with E-state index < -0.39 is 0 Å². The molecule has 3 nitrogen and oxygen atoms in total. The first-order chi connectivity index (χ1) is 9.61. The number of rotatable bonds is 10. The summed E-state index contributed by atoms with van der Waals surface area (Å²) in [7, 11) is 2.14. The number of nitrogens with zero attached hydrogens (tertiary/aromatic N) is 1. The Hall–Kier alpha value is -1.06. The van der Waals surface area contributed by atoms with Gasteiger partial charge in [-0.1, -0.05) is 32.9 Å². The molecule has 0 unspecified atom stereocenters. The van der Waals surface area contributed by atoms with E-state index in [2.05, 4.69) is 62.3 Å². The van der Waals surface area contributed by atoms with Crippen molar-refractivity contribution in [2.24, 2.45) is 5.92 Å². The first-order valence-electron chi connectivity index (χ1n) is 7.72. The van der Waals surface area contributed by atoms with Crippen LogP contribution in [0.3, 0.4) is 0 Å². The molecular weight excluding hydrogens is 248 g/mol. The van der Waals surface area contributed by atoms with Gasteiger partial charge in [0, 0.05) is 19.6 Å². The summed E-state index contributed by atoms with van der Waals surface area (Å²) in [5.74, 6) is 1.67. The number of benzene rings is 1. The van der Waals surface area contributed by atoms with Gasteiger partial charge in [0.05, 0.1) is 6.61 Å². The van der Waals surface area contributed by atoms with E-state index in [1.165, 1.54) is 5.56 Å². The Balaban J connectivity index is 2.21. The largest absolute Gasteiger partial charge is 0.494 e. The van der Waals surface area contributed by atoms with Crippen LogP contribution in [0.25, 0.3) is 0 Å². The van der Waals surface area contributed by atoms with Gasteiger partial charge in [0.2, 0.25) is 0 Å². The molecule has 1 rings (SSSR count). The Bertz CT molecular complexity index is 349. The van der Waals surface area contributed by atoms with Crippen LogP contribution in [0, 0.1) is 5.92 Å². The average molecular weight is 278 g/mol. The van der Waals surface area contributed by atoms with E-state index in [9.17, 15) is 0 Å². The van der Waals surface area contributed by atoms with Crippen molar-refractivity contribution in [2.45, 2.75) is 33.7 Å². The molecule has 3 heteroatoms. The van der Waals surface area contributed by atoms with Gasteiger partial charge in [0.25, 0.3) is 0 Å². The Morgan fingerprint density at radius 1 is 1.20 bits per heavy atom. The van der Waals surface area contributed by atoms with Gasteiger partial charge in [0.15, 0.2) is 0 Å². The van der Waals surface area contributed by atoms with E-state index >= 15 is 0 Å². The van der Waals surface area contributed by atoms with Gasteiger partial charge in [0.1, 0.15) is 5.75 Å². The molecule has 20 heavy (non-hydrogen) atoms. The highest BCUT2D eigenvalue weighted by Crippen LogP contribution is 2.13. The maximum Gasteiger partial charge on any atom is 0.119 e. The molecule has 0 radical (unpaired) electrons. The summed E-state index contributed by atoms with van der Waals surface area (Å²) in [5, 5.41) is 3.46. The molecule has 0 heterocycles. The summed E-state index contributed by atoms with van der Waals surface area (Å²) in [5.41, 5.74) is 1.31. The van der Waals surface area contributed by atoms with Crippen LogP contribution in [0.15, 0.2) is 24.3 Å². The predicted octanol–water partition coefficient (Wildman–Crippen LogP) is 3.15. The average Bonchev–Trinajstić information content (AvgIpc) is 2.44. The molecule has 0 spiro atoms. The Morgan fingerprint density at radius 2 is 1.90 bits per heavy atom. The van der Waals surface area contributed by atoms with Crippen LogP contribution in [0.1, 0.15) is 32.8 Å². The zero-order chi connectivity index (χ0) is 14.8. The van der Waals surface area contributed by atoms with E-state index in [-0.39, 0.29) is 0 Å². The minimum Gasteiger partial charge on any atom is -0.494 e. The number of hydrogen-bond acceptors (Lipinski definition) is 3. The topological polar surface area (TPSA) is 24.5 Å². The van der Waals surface area contributed by atoms with Gasteiger partial charge in [-0.15, -0.1) is 0 Å². The molecule has 0 saturated heterocycles. The van der Waals surface area contributed by atoms with Gasteiger partial charge in [-0.2, -0.15) is 0 Å². The molecule has 0 fully saturated rings. The molecule has 0 aliphatic carbocycles. The normalized spacial score (nSPS) is 11.3. The van der Waals surface area contributed by atoms with E-state index in [0.29, 0.717) is 5.92 Å². The van der Waals surface area contributed by atoms with E-state index in [1.807, 2.05) is 0 Å². The monoisotopic (exact) mass is 278 g/mol. The van der Waals surface area contributed by atoms with Crippen molar-refractivity contribution < 1.29 is 4.74 Å². The molecule has 114 valence electrons. The molecule has 1 aromatic rings. The maximum absolute atomic E-state index is 5.72.